The van der Waals surface area contributed by atoms with E-state index in [1.807, 2.05) is 0 Å². The lowest BCUT2D eigenvalue weighted by Gasteiger charge is -2.09. The van der Waals surface area contributed by atoms with E-state index >= 15 is 0 Å². The number of nitrogens with zero attached hydrogens (tertiary/aromatic N) is 1. The lowest BCUT2D eigenvalue weighted by molar-refractivity contribution is -0.383. The van der Waals surface area contributed by atoms with E-state index in [1.165, 1.54) is 30.3 Å². The van der Waals surface area contributed by atoms with Gasteiger partial charge in [0.15, 0.2) is 0 Å². The van der Waals surface area contributed by atoms with Crippen molar-refractivity contribution in [2.45, 2.75) is 0 Å². The molecule has 0 saturated carbocycles. The first-order chi connectivity index (χ1) is 9.11. The number of para-hydroxylation sites is 1. The number of anilines is 3. The maximum Gasteiger partial charge on any atom is 0.316 e. The zero-order valence-electron chi connectivity index (χ0n) is 9.76. The van der Waals surface area contributed by atoms with Gasteiger partial charge in [0.2, 0.25) is 0 Å². The van der Waals surface area contributed by atoms with Crippen molar-refractivity contribution in [3.05, 3.63) is 58.4 Å². The predicted molar refractivity (Wildman–Crippen MR) is 70.6 cm³/mol. The number of rotatable bonds is 4. The number of nitro groups is 1. The molecule has 0 aliphatic rings. The molecule has 0 atom stereocenters. The summed E-state index contributed by atoms with van der Waals surface area (Å²) in [7, 11) is 0. The third kappa shape index (κ3) is 2.78. The van der Waals surface area contributed by atoms with Crippen molar-refractivity contribution < 1.29 is 9.31 Å². The van der Waals surface area contributed by atoms with Crippen molar-refractivity contribution in [2.75, 3.05) is 10.7 Å². The molecule has 0 aliphatic heterocycles. The molecular weight excluding hydrogens is 251 g/mol. The van der Waals surface area contributed by atoms with Crippen molar-refractivity contribution in [1.82, 2.24) is 0 Å². The van der Waals surface area contributed by atoms with Gasteiger partial charge < -0.3 is 10.7 Å². The smallest absolute Gasteiger partial charge is 0.316 e. The fourth-order valence-electron chi connectivity index (χ4n) is 1.65. The largest absolute Gasteiger partial charge is 0.350 e. The van der Waals surface area contributed by atoms with Gasteiger partial charge in [0.05, 0.1) is 4.92 Å². The second-order valence-electron chi connectivity index (χ2n) is 3.74. The van der Waals surface area contributed by atoms with Crippen LogP contribution in [0.3, 0.4) is 0 Å². The Morgan fingerprint density at radius 1 is 1.11 bits per heavy atom. The van der Waals surface area contributed by atoms with E-state index in [9.17, 15) is 14.5 Å². The van der Waals surface area contributed by atoms with Crippen LogP contribution in [0.15, 0.2) is 42.5 Å². The minimum absolute atomic E-state index is 0.172. The fourth-order valence-corrected chi connectivity index (χ4v) is 1.65. The SMILES string of the molecule is NNc1cccc(Nc2ccc(F)cc2)c1[N+](=O)[O-]. The van der Waals surface area contributed by atoms with Crippen molar-refractivity contribution in [2.24, 2.45) is 5.84 Å². The predicted octanol–water partition coefficient (Wildman–Crippen LogP) is 2.76. The molecule has 6 nitrogen and oxygen atoms in total. The second kappa shape index (κ2) is 5.32. The molecule has 0 amide bonds. The molecule has 98 valence electrons. The van der Waals surface area contributed by atoms with Crippen LogP contribution in [0.4, 0.5) is 27.1 Å². The van der Waals surface area contributed by atoms with Gasteiger partial charge in [-0.2, -0.15) is 0 Å². The van der Waals surface area contributed by atoms with E-state index in [0.29, 0.717) is 5.69 Å². The van der Waals surface area contributed by atoms with Gasteiger partial charge in [0.25, 0.3) is 0 Å². The van der Waals surface area contributed by atoms with E-state index in [4.69, 9.17) is 5.84 Å². The highest BCUT2D eigenvalue weighted by Gasteiger charge is 2.19. The third-order valence-corrected chi connectivity index (χ3v) is 2.50. The van der Waals surface area contributed by atoms with Crippen LogP contribution in [-0.4, -0.2) is 4.92 Å². The molecule has 0 radical (unpaired) electrons. The molecule has 19 heavy (non-hydrogen) atoms. The Hall–Kier alpha value is -2.67. The van der Waals surface area contributed by atoms with Gasteiger partial charge in [-0.05, 0) is 36.4 Å². The fraction of sp³-hybridized carbons (Fsp3) is 0. The Morgan fingerprint density at radius 2 is 1.74 bits per heavy atom. The van der Waals surface area contributed by atoms with E-state index in [-0.39, 0.29) is 22.9 Å². The summed E-state index contributed by atoms with van der Waals surface area (Å²) in [6.07, 6.45) is 0. The first kappa shape index (κ1) is 12.8. The number of nitrogens with two attached hydrogens (primary N) is 1. The minimum Gasteiger partial charge on any atom is -0.350 e. The van der Waals surface area contributed by atoms with Crippen LogP contribution in [0, 0.1) is 15.9 Å². The molecular formula is C12H11FN4O2. The Bertz CT molecular complexity index is 601. The van der Waals surface area contributed by atoms with Crippen LogP contribution in [0.2, 0.25) is 0 Å². The highest BCUT2D eigenvalue weighted by atomic mass is 19.1. The third-order valence-electron chi connectivity index (χ3n) is 2.50. The van der Waals surface area contributed by atoms with Crippen LogP contribution in [0.25, 0.3) is 0 Å². The van der Waals surface area contributed by atoms with Gasteiger partial charge in [-0.15, -0.1) is 0 Å². The summed E-state index contributed by atoms with van der Waals surface area (Å²) in [6, 6.07) is 10.2. The molecule has 2 rings (SSSR count). The summed E-state index contributed by atoms with van der Waals surface area (Å²) in [5.74, 6) is 4.86. The summed E-state index contributed by atoms with van der Waals surface area (Å²) in [6.45, 7) is 0. The quantitative estimate of drug-likeness (QED) is 0.447. The summed E-state index contributed by atoms with van der Waals surface area (Å²) >= 11 is 0. The minimum atomic E-state index is -0.541. The van der Waals surface area contributed by atoms with E-state index < -0.39 is 4.92 Å². The molecule has 0 unspecified atom stereocenters. The molecule has 0 bridgehead atoms. The van der Waals surface area contributed by atoms with Gasteiger partial charge in [-0.1, -0.05) is 6.07 Å². The van der Waals surface area contributed by atoms with Crippen molar-refractivity contribution in [1.29, 1.82) is 0 Å². The number of hydrazine groups is 1. The highest BCUT2D eigenvalue weighted by molar-refractivity contribution is 5.79. The molecule has 4 N–H and O–H groups in total. The lowest BCUT2D eigenvalue weighted by atomic mass is 10.2. The van der Waals surface area contributed by atoms with Crippen LogP contribution in [0.5, 0.6) is 0 Å². The number of benzene rings is 2. The van der Waals surface area contributed by atoms with Crippen molar-refractivity contribution in [3.63, 3.8) is 0 Å². The average Bonchev–Trinajstić information content (AvgIpc) is 2.40. The molecule has 0 aliphatic carbocycles. The molecule has 0 heterocycles. The number of hydrogen-bond acceptors (Lipinski definition) is 5. The number of nitrogens with one attached hydrogen (secondary N) is 2. The zero-order valence-corrected chi connectivity index (χ0v) is 9.76. The monoisotopic (exact) mass is 262 g/mol. The molecule has 2 aromatic carbocycles. The van der Waals surface area contributed by atoms with E-state index in [2.05, 4.69) is 10.7 Å². The Labute approximate surface area is 108 Å². The van der Waals surface area contributed by atoms with Crippen LogP contribution < -0.4 is 16.6 Å². The van der Waals surface area contributed by atoms with Crippen LogP contribution >= 0.6 is 0 Å². The van der Waals surface area contributed by atoms with Crippen LogP contribution in [-0.2, 0) is 0 Å². The summed E-state index contributed by atoms with van der Waals surface area (Å²) in [5, 5.41) is 13.9. The number of halogens is 1. The molecule has 0 saturated heterocycles. The number of hydrogen-bond donors (Lipinski definition) is 3. The maximum atomic E-state index is 12.8. The summed E-state index contributed by atoms with van der Waals surface area (Å²) < 4.78 is 12.8. The molecule has 2 aromatic rings. The molecule has 0 spiro atoms. The van der Waals surface area contributed by atoms with Crippen molar-refractivity contribution >= 4 is 22.7 Å². The number of nitro benzene ring substituents is 1. The number of nitrogen functional groups attached to an aromatic ring is 1. The first-order valence-electron chi connectivity index (χ1n) is 5.38. The summed E-state index contributed by atoms with van der Waals surface area (Å²) in [4.78, 5) is 10.5. The van der Waals surface area contributed by atoms with Gasteiger partial charge in [0, 0.05) is 5.69 Å². The lowest BCUT2D eigenvalue weighted by Crippen LogP contribution is -2.10. The Balaban J connectivity index is 2.39. The molecule has 0 fully saturated rings. The topological polar surface area (TPSA) is 93.2 Å². The first-order valence-corrected chi connectivity index (χ1v) is 5.38. The Morgan fingerprint density at radius 3 is 2.32 bits per heavy atom. The van der Waals surface area contributed by atoms with Gasteiger partial charge in [-0.25, -0.2) is 4.39 Å². The molecule has 7 heteroatoms. The zero-order chi connectivity index (χ0) is 13.8. The van der Waals surface area contributed by atoms with Gasteiger partial charge in [-0.3, -0.25) is 16.0 Å². The second-order valence-corrected chi connectivity index (χ2v) is 3.74. The Kier molecular flexibility index (Phi) is 3.58. The van der Waals surface area contributed by atoms with Gasteiger partial charge in [0.1, 0.15) is 17.2 Å². The van der Waals surface area contributed by atoms with Crippen molar-refractivity contribution in [3.8, 4) is 0 Å². The standard InChI is InChI=1S/C12H11FN4O2/c13-8-4-6-9(7-5-8)15-10-2-1-3-11(16-14)12(10)17(18)19/h1-7,15-16H,14H2. The molecule has 0 aromatic heterocycles. The average molecular weight is 262 g/mol. The van der Waals surface area contributed by atoms with Gasteiger partial charge >= 0.3 is 5.69 Å². The highest BCUT2D eigenvalue weighted by Crippen LogP contribution is 2.34. The van der Waals surface area contributed by atoms with E-state index in [1.54, 1.807) is 12.1 Å². The normalized spacial score (nSPS) is 10.0. The summed E-state index contributed by atoms with van der Waals surface area (Å²) in [5.41, 5.74) is 3.10. The van der Waals surface area contributed by atoms with Crippen LogP contribution in [0.1, 0.15) is 0 Å². The van der Waals surface area contributed by atoms with E-state index in [0.717, 1.165) is 0 Å². The maximum absolute atomic E-state index is 12.8.